The van der Waals surface area contributed by atoms with E-state index in [1.807, 2.05) is 13.8 Å². The molecule has 1 saturated carbocycles. The summed E-state index contributed by atoms with van der Waals surface area (Å²) in [5, 5.41) is 8.95. The molecule has 0 spiro atoms. The Bertz CT molecular complexity index is 1310. The summed E-state index contributed by atoms with van der Waals surface area (Å²) in [5.41, 5.74) is 1.05. The Balaban J connectivity index is 1.41. The second-order valence-corrected chi connectivity index (χ2v) is 9.92. The molecule has 5 rings (SSSR count). The van der Waals surface area contributed by atoms with Crippen LogP contribution in [0, 0.1) is 5.41 Å². The van der Waals surface area contributed by atoms with E-state index >= 15 is 0 Å². The molecule has 11 nitrogen and oxygen atoms in total. The lowest BCUT2D eigenvalue weighted by Crippen LogP contribution is -2.43. The van der Waals surface area contributed by atoms with Gasteiger partial charge in [0.2, 0.25) is 11.9 Å². The van der Waals surface area contributed by atoms with Gasteiger partial charge in [-0.05, 0) is 51.0 Å². The van der Waals surface area contributed by atoms with Gasteiger partial charge < -0.3 is 25.6 Å². The van der Waals surface area contributed by atoms with Crippen LogP contribution in [0.2, 0.25) is 0 Å². The molecule has 1 fully saturated rings. The first-order valence-corrected chi connectivity index (χ1v) is 12.3. The minimum atomic E-state index is -0.567. The Morgan fingerprint density at radius 1 is 1.19 bits per heavy atom. The Kier molecular flexibility index (Phi) is 6.60. The zero-order valence-electron chi connectivity index (χ0n) is 21.1. The van der Waals surface area contributed by atoms with E-state index in [9.17, 15) is 9.59 Å². The minimum Gasteiger partial charge on any atom is -0.495 e. The quantitative estimate of drug-likeness (QED) is 0.457. The van der Waals surface area contributed by atoms with E-state index in [0.29, 0.717) is 52.9 Å². The fraction of sp³-hybridized carbons (Fsp3) is 0.385. The molecule has 2 aromatic heterocycles. The number of benzene rings is 1. The smallest absolute Gasteiger partial charge is 0.256 e. The number of methoxy groups -OCH3 is 1. The highest BCUT2D eigenvalue weighted by molar-refractivity contribution is 6.04. The van der Waals surface area contributed by atoms with Crippen LogP contribution < -0.4 is 25.6 Å². The van der Waals surface area contributed by atoms with Crippen LogP contribution in [0.5, 0.6) is 5.75 Å². The summed E-state index contributed by atoms with van der Waals surface area (Å²) in [5.74, 6) is 1.57. The van der Waals surface area contributed by atoms with Gasteiger partial charge in [-0.1, -0.05) is 12.8 Å². The predicted molar refractivity (Wildman–Crippen MR) is 140 cm³/mol. The number of hydrogen-bond acceptors (Lipinski definition) is 9. The molecule has 1 aliphatic carbocycles. The van der Waals surface area contributed by atoms with Crippen LogP contribution in [0.15, 0.2) is 43.0 Å². The second-order valence-electron chi connectivity index (χ2n) is 9.92. The van der Waals surface area contributed by atoms with Crippen molar-refractivity contribution in [2.24, 2.45) is 5.41 Å². The molecule has 192 valence electrons. The summed E-state index contributed by atoms with van der Waals surface area (Å²) in [6.07, 6.45) is 9.04. The Labute approximate surface area is 215 Å². The van der Waals surface area contributed by atoms with Crippen LogP contribution >= 0.6 is 0 Å². The summed E-state index contributed by atoms with van der Waals surface area (Å²) in [7, 11) is 1.53. The molecule has 37 heavy (non-hydrogen) atoms. The lowest BCUT2D eigenvalue weighted by Gasteiger charge is -2.34. The first-order chi connectivity index (χ1) is 17.8. The molecule has 2 aliphatic rings. The molecular weight excluding hydrogens is 472 g/mol. The van der Waals surface area contributed by atoms with Crippen LogP contribution in [0.25, 0.3) is 0 Å². The van der Waals surface area contributed by atoms with Crippen LogP contribution in [-0.2, 0) is 4.79 Å². The predicted octanol–water partition coefficient (Wildman–Crippen LogP) is 4.00. The number of fused-ring (bicyclic) bond motifs is 1. The van der Waals surface area contributed by atoms with Crippen molar-refractivity contribution in [3.8, 4) is 5.75 Å². The Morgan fingerprint density at radius 3 is 2.73 bits per heavy atom. The zero-order chi connectivity index (χ0) is 26.0. The monoisotopic (exact) mass is 502 g/mol. The van der Waals surface area contributed by atoms with Gasteiger partial charge >= 0.3 is 0 Å². The topological polar surface area (TPSA) is 134 Å². The first-order valence-electron chi connectivity index (χ1n) is 12.3. The van der Waals surface area contributed by atoms with Gasteiger partial charge in [0.15, 0.2) is 5.82 Å². The van der Waals surface area contributed by atoms with Crippen molar-refractivity contribution < 1.29 is 14.3 Å². The Morgan fingerprint density at radius 2 is 2.00 bits per heavy atom. The molecule has 11 heteroatoms. The van der Waals surface area contributed by atoms with Gasteiger partial charge in [-0.2, -0.15) is 4.98 Å². The summed E-state index contributed by atoms with van der Waals surface area (Å²) in [4.78, 5) is 44.9. The van der Waals surface area contributed by atoms with Crippen LogP contribution in [0.3, 0.4) is 0 Å². The van der Waals surface area contributed by atoms with Gasteiger partial charge in [0.1, 0.15) is 23.6 Å². The van der Waals surface area contributed by atoms with Crippen molar-refractivity contribution in [2.45, 2.75) is 45.6 Å². The number of carbonyl (C=O) groups excluding carboxylic acids is 2. The van der Waals surface area contributed by atoms with E-state index in [-0.39, 0.29) is 11.8 Å². The number of nitrogens with zero attached hydrogens (tertiary/aromatic N) is 5. The van der Waals surface area contributed by atoms with Crippen LogP contribution in [-0.4, -0.2) is 51.4 Å². The van der Waals surface area contributed by atoms with E-state index in [1.54, 1.807) is 36.7 Å². The number of anilines is 5. The summed E-state index contributed by atoms with van der Waals surface area (Å²) in [6, 6.07) is 6.99. The van der Waals surface area contributed by atoms with Crippen molar-refractivity contribution in [3.63, 3.8) is 0 Å². The van der Waals surface area contributed by atoms with Crippen LogP contribution in [0.1, 0.15) is 49.9 Å². The fourth-order valence-electron chi connectivity index (χ4n) is 4.73. The number of aromatic nitrogens is 4. The average molecular weight is 503 g/mol. The van der Waals surface area contributed by atoms with Gasteiger partial charge in [-0.15, -0.1) is 0 Å². The normalized spacial score (nSPS) is 16.9. The molecule has 3 heterocycles. The third-order valence-corrected chi connectivity index (χ3v) is 6.77. The maximum Gasteiger partial charge on any atom is 0.256 e. The van der Waals surface area contributed by atoms with Crippen molar-refractivity contribution in [2.75, 3.05) is 34.5 Å². The minimum absolute atomic E-state index is 0.0453. The van der Waals surface area contributed by atoms with Crippen molar-refractivity contribution in [1.82, 2.24) is 19.9 Å². The molecule has 1 aliphatic heterocycles. The van der Waals surface area contributed by atoms with E-state index in [0.717, 1.165) is 12.8 Å². The van der Waals surface area contributed by atoms with Gasteiger partial charge in [-0.25, -0.2) is 15.0 Å². The highest BCUT2D eigenvalue weighted by Crippen LogP contribution is 2.38. The first kappa shape index (κ1) is 24.4. The van der Waals surface area contributed by atoms with E-state index < -0.39 is 5.41 Å². The highest BCUT2D eigenvalue weighted by atomic mass is 16.5. The van der Waals surface area contributed by atoms with E-state index in [4.69, 9.17) is 9.72 Å². The largest absolute Gasteiger partial charge is 0.495 e. The molecule has 3 N–H and O–H groups in total. The van der Waals surface area contributed by atoms with Crippen molar-refractivity contribution in [3.05, 3.63) is 48.5 Å². The third-order valence-electron chi connectivity index (χ3n) is 6.77. The number of ether oxygens (including phenoxy) is 1. The van der Waals surface area contributed by atoms with Crippen molar-refractivity contribution in [1.29, 1.82) is 0 Å². The third kappa shape index (κ3) is 5.16. The number of amides is 2. The molecule has 0 atom stereocenters. The molecule has 1 aromatic carbocycles. The molecule has 0 unspecified atom stereocenters. The Hall–Kier alpha value is -4.28. The van der Waals surface area contributed by atoms with Gasteiger partial charge in [0, 0.05) is 24.3 Å². The summed E-state index contributed by atoms with van der Waals surface area (Å²) < 4.78 is 5.54. The maximum absolute atomic E-state index is 12.9. The SMILES string of the molecule is COc1cc(C(=O)Nc2ccncn2)ccc1Nc1ncc2c(n1)N(C1CCCC1)CC(C)(C)C(=O)N2. The maximum atomic E-state index is 12.9. The lowest BCUT2D eigenvalue weighted by molar-refractivity contribution is -0.123. The molecule has 0 radical (unpaired) electrons. The molecule has 3 aromatic rings. The fourth-order valence-corrected chi connectivity index (χ4v) is 4.73. The number of rotatable bonds is 6. The second kappa shape index (κ2) is 10.00. The van der Waals surface area contributed by atoms with E-state index in [1.165, 1.54) is 26.3 Å². The van der Waals surface area contributed by atoms with Crippen LogP contribution in [0.4, 0.5) is 29.0 Å². The number of hydrogen-bond donors (Lipinski definition) is 3. The molecule has 2 amide bonds. The molecule has 0 saturated heterocycles. The lowest BCUT2D eigenvalue weighted by atomic mass is 9.91. The van der Waals surface area contributed by atoms with Crippen molar-refractivity contribution >= 4 is 40.8 Å². The van der Waals surface area contributed by atoms with Gasteiger partial charge in [0.25, 0.3) is 5.91 Å². The summed E-state index contributed by atoms with van der Waals surface area (Å²) >= 11 is 0. The van der Waals surface area contributed by atoms with E-state index in [2.05, 4.69) is 35.8 Å². The van der Waals surface area contributed by atoms with Gasteiger partial charge in [0.05, 0.1) is 24.4 Å². The zero-order valence-corrected chi connectivity index (χ0v) is 21.1. The summed E-state index contributed by atoms with van der Waals surface area (Å²) in [6.45, 7) is 4.48. The molecular formula is C26H30N8O3. The highest BCUT2D eigenvalue weighted by Gasteiger charge is 2.39. The standard InChI is InChI=1S/C26H30N8O3/c1-26(2)14-34(17-6-4-5-7-17)22-19(30-24(26)36)13-28-25(33-22)31-18-9-8-16(12-20(18)37-3)23(35)32-21-10-11-27-15-29-21/h8-13,15,17H,4-7,14H2,1-3H3,(H,30,36)(H,28,31,33)(H,27,29,32,35). The van der Waals surface area contributed by atoms with Gasteiger partial charge in [-0.3, -0.25) is 9.59 Å². The number of carbonyl (C=O) groups is 2. The number of nitrogens with one attached hydrogen (secondary N) is 3. The molecule has 0 bridgehead atoms. The average Bonchev–Trinajstić information content (AvgIpc) is 3.41.